The summed E-state index contributed by atoms with van der Waals surface area (Å²) in [7, 11) is 1.39. The fourth-order valence-corrected chi connectivity index (χ4v) is 2.36. The number of aromatic nitrogens is 1. The molecular weight excluding hydrogens is 301 g/mol. The van der Waals surface area contributed by atoms with Gasteiger partial charge in [0.05, 0.1) is 12.1 Å². The molecule has 0 amide bonds. The Balaban J connectivity index is 2.41. The van der Waals surface area contributed by atoms with Crippen LogP contribution in [0.3, 0.4) is 0 Å². The molecule has 1 aromatic rings. The van der Waals surface area contributed by atoms with Crippen molar-refractivity contribution < 1.29 is 9.15 Å². The Morgan fingerprint density at radius 1 is 1.35 bits per heavy atom. The molecule has 1 aliphatic heterocycles. The molecule has 2 aliphatic rings. The van der Waals surface area contributed by atoms with Gasteiger partial charge < -0.3 is 9.15 Å². The number of methoxy groups -OCH3 is 1. The molecule has 0 N–H and O–H groups in total. The topological polar surface area (TPSA) is 52.3 Å². The number of hydrogen-bond acceptors (Lipinski definition) is 4. The van der Waals surface area contributed by atoms with Crippen molar-refractivity contribution in [3.05, 3.63) is 45.1 Å². The Hall–Kier alpha value is -1.78. The summed E-state index contributed by atoms with van der Waals surface area (Å²) in [5.41, 5.74) is 2.17. The normalized spacial score (nSPS) is 11.2. The van der Waals surface area contributed by atoms with E-state index in [1.165, 1.54) is 13.2 Å². The predicted molar refractivity (Wildman–Crippen MR) is 78.0 cm³/mol. The van der Waals surface area contributed by atoms with Gasteiger partial charge in [0, 0.05) is 5.88 Å². The van der Waals surface area contributed by atoms with Crippen LogP contribution in [0.1, 0.15) is 5.56 Å². The number of benzene rings is 2. The van der Waals surface area contributed by atoms with E-state index in [0.29, 0.717) is 22.7 Å². The quantitative estimate of drug-likeness (QED) is 0.535. The first-order chi connectivity index (χ1) is 9.63. The summed E-state index contributed by atoms with van der Waals surface area (Å²) in [6.45, 7) is 0. The molecule has 0 saturated heterocycles. The first kappa shape index (κ1) is 13.2. The zero-order chi connectivity index (χ0) is 14.3. The van der Waals surface area contributed by atoms with Gasteiger partial charge in [-0.1, -0.05) is 17.7 Å². The number of fused-ring (bicyclic) bond motifs is 2. The minimum Gasteiger partial charge on any atom is -0.489 e. The summed E-state index contributed by atoms with van der Waals surface area (Å²) in [6, 6.07) is 6.90. The summed E-state index contributed by atoms with van der Waals surface area (Å²) in [6.07, 6.45) is 0. The average molecular weight is 310 g/mol. The summed E-state index contributed by atoms with van der Waals surface area (Å²) >= 11 is 11.7. The Kier molecular flexibility index (Phi) is 3.28. The van der Waals surface area contributed by atoms with Crippen LogP contribution in [0.4, 0.5) is 0 Å². The Bertz CT molecular complexity index is 829. The van der Waals surface area contributed by atoms with Crippen molar-refractivity contribution in [2.75, 3.05) is 7.11 Å². The van der Waals surface area contributed by atoms with E-state index in [4.69, 9.17) is 32.4 Å². The zero-order valence-electron chi connectivity index (χ0n) is 10.4. The Morgan fingerprint density at radius 2 is 2.15 bits per heavy atom. The molecule has 102 valence electrons. The highest BCUT2D eigenvalue weighted by Gasteiger charge is 2.20. The lowest BCUT2D eigenvalue weighted by Crippen LogP contribution is -2.09. The van der Waals surface area contributed by atoms with Crippen LogP contribution in [-0.4, -0.2) is 12.1 Å². The van der Waals surface area contributed by atoms with E-state index in [9.17, 15) is 4.79 Å². The van der Waals surface area contributed by atoms with E-state index in [-0.39, 0.29) is 16.5 Å². The van der Waals surface area contributed by atoms with E-state index < -0.39 is 5.43 Å². The summed E-state index contributed by atoms with van der Waals surface area (Å²) in [4.78, 5) is 16.3. The fraction of sp³-hybridized carbons (Fsp3) is 0.143. The van der Waals surface area contributed by atoms with Crippen molar-refractivity contribution >= 4 is 34.3 Å². The van der Waals surface area contributed by atoms with E-state index in [1.807, 2.05) is 12.1 Å². The van der Waals surface area contributed by atoms with Crippen molar-refractivity contribution in [1.82, 2.24) is 4.98 Å². The molecular formula is C14H9Cl2NO3. The van der Waals surface area contributed by atoms with Gasteiger partial charge in [0.1, 0.15) is 11.2 Å². The van der Waals surface area contributed by atoms with Gasteiger partial charge in [-0.3, -0.25) is 4.79 Å². The maximum absolute atomic E-state index is 11.9. The third-order valence-corrected chi connectivity index (χ3v) is 3.55. The third kappa shape index (κ3) is 2.01. The number of hydrogen-bond donors (Lipinski definition) is 0. The van der Waals surface area contributed by atoms with Gasteiger partial charge in [-0.05, 0) is 23.8 Å². The van der Waals surface area contributed by atoms with E-state index in [2.05, 4.69) is 4.98 Å². The molecule has 0 spiro atoms. The zero-order valence-corrected chi connectivity index (χ0v) is 12.0. The first-order valence-corrected chi connectivity index (χ1v) is 6.71. The van der Waals surface area contributed by atoms with Crippen LogP contribution in [0.25, 0.3) is 22.6 Å². The minimum atomic E-state index is -0.413. The van der Waals surface area contributed by atoms with Crippen molar-refractivity contribution in [2.24, 2.45) is 0 Å². The largest absolute Gasteiger partial charge is 0.489 e. The lowest BCUT2D eigenvalue weighted by atomic mass is 10.1. The number of alkyl halides is 1. The molecule has 1 aromatic carbocycles. The lowest BCUT2D eigenvalue weighted by molar-refractivity contribution is 0.398. The number of rotatable bonds is 2. The first-order valence-electron chi connectivity index (χ1n) is 5.80. The summed E-state index contributed by atoms with van der Waals surface area (Å²) in [5.74, 6) is 0.732. The summed E-state index contributed by atoms with van der Waals surface area (Å²) in [5, 5.41) is 0.0462. The molecule has 3 rings (SSSR count). The molecule has 0 saturated carbocycles. The summed E-state index contributed by atoms with van der Waals surface area (Å²) < 4.78 is 10.8. The second kappa shape index (κ2) is 4.96. The smallest absolute Gasteiger partial charge is 0.242 e. The maximum Gasteiger partial charge on any atom is 0.242 e. The number of nitrogens with zero attached hydrogens (tertiary/aromatic N) is 1. The van der Waals surface area contributed by atoms with Crippen molar-refractivity contribution in [3.63, 3.8) is 0 Å². The van der Waals surface area contributed by atoms with Crippen LogP contribution in [0, 0.1) is 0 Å². The van der Waals surface area contributed by atoms with Crippen molar-refractivity contribution in [3.8, 4) is 17.2 Å². The minimum absolute atomic E-state index is 0.0462. The van der Waals surface area contributed by atoms with E-state index in [1.54, 1.807) is 6.07 Å². The third-order valence-electron chi connectivity index (χ3n) is 2.96. The highest BCUT2D eigenvalue weighted by molar-refractivity contribution is 6.31. The van der Waals surface area contributed by atoms with Gasteiger partial charge in [0.2, 0.25) is 11.2 Å². The second-order valence-electron chi connectivity index (χ2n) is 4.22. The van der Waals surface area contributed by atoms with Crippen LogP contribution in [-0.2, 0) is 5.88 Å². The fourth-order valence-electron chi connectivity index (χ4n) is 2.01. The SMILES string of the molecule is COc1c2oc3ccc(CCl)cc3nc-2cc(Cl)c1=O. The van der Waals surface area contributed by atoms with Crippen molar-refractivity contribution in [2.45, 2.75) is 5.88 Å². The highest BCUT2D eigenvalue weighted by Crippen LogP contribution is 2.33. The monoisotopic (exact) mass is 309 g/mol. The maximum atomic E-state index is 11.9. The molecule has 20 heavy (non-hydrogen) atoms. The number of ether oxygens (including phenoxy) is 1. The average Bonchev–Trinajstić information content (AvgIpc) is 2.46. The highest BCUT2D eigenvalue weighted by atomic mass is 35.5. The van der Waals surface area contributed by atoms with Crippen LogP contribution in [0.2, 0.25) is 5.02 Å². The van der Waals surface area contributed by atoms with Gasteiger partial charge in [-0.15, -0.1) is 11.6 Å². The van der Waals surface area contributed by atoms with Gasteiger partial charge in [0.25, 0.3) is 0 Å². The van der Waals surface area contributed by atoms with Gasteiger partial charge in [-0.25, -0.2) is 4.98 Å². The molecule has 1 aliphatic carbocycles. The lowest BCUT2D eigenvalue weighted by Gasteiger charge is -2.10. The van der Waals surface area contributed by atoms with E-state index in [0.717, 1.165) is 5.56 Å². The molecule has 0 radical (unpaired) electrons. The van der Waals surface area contributed by atoms with Crippen LogP contribution < -0.4 is 10.2 Å². The molecule has 0 unspecified atom stereocenters. The molecule has 0 fully saturated rings. The standard InChI is InChI=1S/C14H9Cl2NO3/c1-19-14-12(18)8(16)5-10-13(14)20-11-3-2-7(6-15)4-9(11)17-10/h2-5H,6H2,1H3. The van der Waals surface area contributed by atoms with Crippen LogP contribution in [0.5, 0.6) is 5.75 Å². The van der Waals surface area contributed by atoms with Gasteiger partial charge >= 0.3 is 0 Å². The number of halogens is 2. The predicted octanol–water partition coefficient (Wildman–Crippen LogP) is 3.69. The Labute approximate surface area is 124 Å². The Morgan fingerprint density at radius 3 is 2.85 bits per heavy atom. The molecule has 6 heteroatoms. The van der Waals surface area contributed by atoms with E-state index >= 15 is 0 Å². The molecule has 0 atom stereocenters. The molecule has 4 nitrogen and oxygen atoms in total. The van der Waals surface area contributed by atoms with Crippen LogP contribution >= 0.6 is 23.2 Å². The second-order valence-corrected chi connectivity index (χ2v) is 4.89. The molecule has 1 heterocycles. The molecule has 0 bridgehead atoms. The molecule has 0 aromatic heterocycles. The van der Waals surface area contributed by atoms with Gasteiger partial charge in [0.15, 0.2) is 11.3 Å². The van der Waals surface area contributed by atoms with Gasteiger partial charge in [-0.2, -0.15) is 0 Å². The van der Waals surface area contributed by atoms with Crippen LogP contribution in [0.15, 0.2) is 33.5 Å². The van der Waals surface area contributed by atoms with Crippen molar-refractivity contribution in [1.29, 1.82) is 0 Å².